The van der Waals surface area contributed by atoms with Gasteiger partial charge in [-0.2, -0.15) is 0 Å². The molecule has 2 aliphatic heterocycles. The van der Waals surface area contributed by atoms with Gasteiger partial charge in [0, 0.05) is 7.11 Å². The molecule has 0 radical (unpaired) electrons. The van der Waals surface area contributed by atoms with E-state index in [1.807, 2.05) is 13.8 Å². The van der Waals surface area contributed by atoms with E-state index in [1.165, 1.54) is 0 Å². The van der Waals surface area contributed by atoms with Crippen molar-refractivity contribution < 1.29 is 24.1 Å². The Morgan fingerprint density at radius 1 is 1.36 bits per heavy atom. The van der Waals surface area contributed by atoms with Crippen LogP contribution in [0.1, 0.15) is 13.8 Å². The average Bonchev–Trinajstić information content (AvgIpc) is 2.55. The molecule has 0 spiro atoms. The molecule has 5 heteroatoms. The predicted molar refractivity (Wildman–Crippen MR) is 46.6 cm³/mol. The summed E-state index contributed by atoms with van der Waals surface area (Å²) in [5.41, 5.74) is 0. The third-order valence-corrected chi connectivity index (χ3v) is 2.54. The Kier molecular flexibility index (Phi) is 2.53. The molecule has 82 valence electrons. The zero-order valence-electron chi connectivity index (χ0n) is 8.60. The van der Waals surface area contributed by atoms with Crippen LogP contribution in [0.5, 0.6) is 0 Å². The van der Waals surface area contributed by atoms with Gasteiger partial charge in [-0.05, 0) is 13.8 Å². The van der Waals surface area contributed by atoms with E-state index in [1.54, 1.807) is 7.11 Å². The van der Waals surface area contributed by atoms with Crippen molar-refractivity contribution in [2.75, 3.05) is 13.7 Å². The lowest BCUT2D eigenvalue weighted by atomic mass is 10.1. The summed E-state index contributed by atoms with van der Waals surface area (Å²) in [5, 5.41) is 9.04. The fourth-order valence-electron chi connectivity index (χ4n) is 1.98. The smallest absolute Gasteiger partial charge is 0.190 e. The van der Waals surface area contributed by atoms with Crippen LogP contribution in [0.2, 0.25) is 0 Å². The van der Waals surface area contributed by atoms with Crippen LogP contribution in [-0.2, 0) is 18.9 Å². The molecule has 2 saturated heterocycles. The van der Waals surface area contributed by atoms with Gasteiger partial charge in [-0.3, -0.25) is 0 Å². The second-order valence-corrected chi connectivity index (χ2v) is 4.03. The van der Waals surface area contributed by atoms with Crippen molar-refractivity contribution in [3.05, 3.63) is 0 Å². The lowest BCUT2D eigenvalue weighted by molar-refractivity contribution is -0.220. The van der Waals surface area contributed by atoms with Gasteiger partial charge in [-0.25, -0.2) is 0 Å². The Balaban J connectivity index is 2.09. The van der Waals surface area contributed by atoms with Crippen molar-refractivity contribution in [2.24, 2.45) is 0 Å². The number of aliphatic hydroxyl groups is 1. The summed E-state index contributed by atoms with van der Waals surface area (Å²) < 4.78 is 21.8. The molecular weight excluding hydrogens is 188 g/mol. The first-order valence-electron chi connectivity index (χ1n) is 4.72. The van der Waals surface area contributed by atoms with Gasteiger partial charge in [-0.15, -0.1) is 0 Å². The minimum absolute atomic E-state index is 0.0847. The Labute approximate surface area is 82.9 Å². The van der Waals surface area contributed by atoms with Gasteiger partial charge >= 0.3 is 0 Å². The number of hydrogen-bond donors (Lipinski definition) is 1. The second-order valence-electron chi connectivity index (χ2n) is 4.03. The van der Waals surface area contributed by atoms with Gasteiger partial charge in [0.05, 0.1) is 6.61 Å². The summed E-state index contributed by atoms with van der Waals surface area (Å²) in [6.07, 6.45) is -1.28. The minimum Gasteiger partial charge on any atom is -0.394 e. The van der Waals surface area contributed by atoms with E-state index in [2.05, 4.69) is 0 Å². The van der Waals surface area contributed by atoms with Crippen molar-refractivity contribution in [2.45, 2.75) is 44.2 Å². The molecule has 0 aromatic rings. The van der Waals surface area contributed by atoms with Crippen molar-refractivity contribution >= 4 is 0 Å². The summed E-state index contributed by atoms with van der Waals surface area (Å²) in [5.74, 6) is -0.632. The third kappa shape index (κ3) is 1.55. The van der Waals surface area contributed by atoms with E-state index in [9.17, 15) is 0 Å². The van der Waals surface area contributed by atoms with Crippen LogP contribution < -0.4 is 0 Å². The maximum Gasteiger partial charge on any atom is 0.190 e. The molecule has 2 rings (SSSR count). The Hall–Kier alpha value is -0.200. The quantitative estimate of drug-likeness (QED) is 0.679. The van der Waals surface area contributed by atoms with E-state index in [0.29, 0.717) is 0 Å². The van der Waals surface area contributed by atoms with Crippen molar-refractivity contribution in [1.29, 1.82) is 0 Å². The maximum atomic E-state index is 9.04. The molecule has 2 heterocycles. The molecule has 0 aliphatic carbocycles. The van der Waals surface area contributed by atoms with Crippen LogP contribution in [0.25, 0.3) is 0 Å². The van der Waals surface area contributed by atoms with Crippen LogP contribution >= 0.6 is 0 Å². The highest BCUT2D eigenvalue weighted by atomic mass is 16.8. The molecule has 1 N–H and O–H groups in total. The molecule has 0 saturated carbocycles. The molecule has 1 unspecified atom stereocenters. The summed E-state index contributed by atoms with van der Waals surface area (Å²) in [4.78, 5) is 0. The highest BCUT2D eigenvalue weighted by Gasteiger charge is 2.54. The van der Waals surface area contributed by atoms with Crippen molar-refractivity contribution in [3.63, 3.8) is 0 Å². The SMILES string of the molecule is CO[C@@H]1[C@@H](CO)OC2OC(C)(C)O[C@@H]21. The topological polar surface area (TPSA) is 57.2 Å². The van der Waals surface area contributed by atoms with Crippen molar-refractivity contribution in [1.82, 2.24) is 0 Å². The second kappa shape index (κ2) is 3.43. The lowest BCUT2D eigenvalue weighted by Crippen LogP contribution is -2.37. The number of hydrogen-bond acceptors (Lipinski definition) is 5. The largest absolute Gasteiger partial charge is 0.394 e. The summed E-state index contributed by atoms with van der Waals surface area (Å²) in [7, 11) is 1.58. The molecule has 0 aromatic carbocycles. The highest BCUT2D eigenvalue weighted by molar-refractivity contribution is 4.93. The Morgan fingerprint density at radius 2 is 2.07 bits per heavy atom. The van der Waals surface area contributed by atoms with E-state index >= 15 is 0 Å². The first-order chi connectivity index (χ1) is 6.57. The number of methoxy groups -OCH3 is 1. The van der Waals surface area contributed by atoms with Crippen LogP contribution in [0.3, 0.4) is 0 Å². The van der Waals surface area contributed by atoms with Crippen LogP contribution in [0, 0.1) is 0 Å². The molecule has 2 aliphatic rings. The summed E-state index contributed by atoms with van der Waals surface area (Å²) in [6.45, 7) is 3.57. The van der Waals surface area contributed by atoms with Crippen molar-refractivity contribution in [3.8, 4) is 0 Å². The van der Waals surface area contributed by atoms with Crippen LogP contribution in [0.4, 0.5) is 0 Å². The van der Waals surface area contributed by atoms with Crippen LogP contribution in [-0.4, -0.2) is 49.2 Å². The third-order valence-electron chi connectivity index (χ3n) is 2.54. The summed E-state index contributed by atoms with van der Waals surface area (Å²) >= 11 is 0. The van der Waals surface area contributed by atoms with Crippen LogP contribution in [0.15, 0.2) is 0 Å². The molecule has 0 amide bonds. The van der Waals surface area contributed by atoms with Gasteiger partial charge in [0.1, 0.15) is 18.3 Å². The molecule has 4 atom stereocenters. The molecule has 2 fully saturated rings. The Morgan fingerprint density at radius 3 is 2.64 bits per heavy atom. The normalized spacial score (nSPS) is 45.4. The van der Waals surface area contributed by atoms with E-state index in [0.717, 1.165) is 0 Å². The average molecular weight is 204 g/mol. The zero-order chi connectivity index (χ0) is 10.3. The van der Waals surface area contributed by atoms with Gasteiger partial charge in [0.2, 0.25) is 0 Å². The van der Waals surface area contributed by atoms with Gasteiger partial charge in [-0.1, -0.05) is 0 Å². The number of rotatable bonds is 2. The number of fused-ring (bicyclic) bond motifs is 1. The molecule has 0 bridgehead atoms. The number of ether oxygens (including phenoxy) is 4. The fraction of sp³-hybridized carbons (Fsp3) is 1.00. The summed E-state index contributed by atoms with van der Waals surface area (Å²) in [6, 6.07) is 0. The minimum atomic E-state index is -0.632. The molecule has 0 aromatic heterocycles. The maximum absolute atomic E-state index is 9.04. The Bertz CT molecular complexity index is 217. The van der Waals surface area contributed by atoms with E-state index in [-0.39, 0.29) is 24.9 Å². The van der Waals surface area contributed by atoms with E-state index in [4.69, 9.17) is 24.1 Å². The van der Waals surface area contributed by atoms with Gasteiger partial charge in [0.25, 0.3) is 0 Å². The van der Waals surface area contributed by atoms with Gasteiger partial charge < -0.3 is 24.1 Å². The zero-order valence-corrected chi connectivity index (χ0v) is 8.60. The van der Waals surface area contributed by atoms with E-state index < -0.39 is 12.1 Å². The molecule has 14 heavy (non-hydrogen) atoms. The standard InChI is InChI=1S/C9H16O5/c1-9(2)13-7-6(11-3)5(4-10)12-8(7)14-9/h5-8,10H,4H2,1-3H3/t5-,6-,7-,8?/m1/s1. The lowest BCUT2D eigenvalue weighted by Gasteiger charge is -2.23. The highest BCUT2D eigenvalue weighted by Crippen LogP contribution is 2.38. The van der Waals surface area contributed by atoms with Gasteiger partial charge in [0.15, 0.2) is 12.1 Å². The number of aliphatic hydroxyl groups excluding tert-OH is 1. The fourth-order valence-corrected chi connectivity index (χ4v) is 1.98. The first kappa shape index (κ1) is 10.3. The first-order valence-corrected chi connectivity index (χ1v) is 4.72. The predicted octanol–water partition coefficient (Wildman–Crippen LogP) is -0.130. The monoisotopic (exact) mass is 204 g/mol. The molecular formula is C9H16O5. The molecule has 5 nitrogen and oxygen atoms in total.